The molecule has 0 spiro atoms. The largest absolute Gasteiger partial charge is 0.464 e. The van der Waals surface area contributed by atoms with E-state index < -0.39 is 11.8 Å². The fourth-order valence-electron chi connectivity index (χ4n) is 1.34. The van der Waals surface area contributed by atoms with Crippen molar-refractivity contribution < 1.29 is 13.9 Å². The molecule has 5 nitrogen and oxygen atoms in total. The van der Waals surface area contributed by atoms with Gasteiger partial charge in [0, 0.05) is 5.39 Å². The Hall–Kier alpha value is -2.24. The van der Waals surface area contributed by atoms with Gasteiger partial charge in [-0.15, -0.1) is 10.2 Å². The van der Waals surface area contributed by atoms with Gasteiger partial charge in [-0.05, 0) is 18.2 Å². The van der Waals surface area contributed by atoms with Crippen LogP contribution in [0, 0.1) is 5.82 Å². The number of carbonyl (C=O) groups excluding carboxylic acids is 1. The van der Waals surface area contributed by atoms with E-state index in [0.717, 1.165) is 0 Å². The van der Waals surface area contributed by atoms with Crippen molar-refractivity contribution in [2.45, 2.75) is 0 Å². The Morgan fingerprint density at radius 1 is 1.44 bits per heavy atom. The third-order valence-electron chi connectivity index (χ3n) is 2.14. The lowest BCUT2D eigenvalue weighted by Gasteiger charge is -2.05. The molecule has 6 heteroatoms. The lowest BCUT2D eigenvalue weighted by Crippen LogP contribution is -2.10. The minimum absolute atomic E-state index is 0.0661. The summed E-state index contributed by atoms with van der Waals surface area (Å²) in [6.45, 7) is 0. The number of nitrogen functional groups attached to an aromatic ring is 1. The molecular formula is C10H8FN3O2. The molecule has 0 saturated heterocycles. The summed E-state index contributed by atoms with van der Waals surface area (Å²) >= 11 is 0. The number of ether oxygens (including phenoxy) is 1. The first-order chi connectivity index (χ1) is 7.63. The number of rotatable bonds is 1. The van der Waals surface area contributed by atoms with Crippen LogP contribution in [0.1, 0.15) is 10.5 Å². The Morgan fingerprint density at radius 3 is 2.88 bits per heavy atom. The predicted molar refractivity (Wildman–Crippen MR) is 55.2 cm³/mol. The smallest absolute Gasteiger partial charge is 0.360 e. The Labute approximate surface area is 90.0 Å². The molecule has 0 unspecified atom stereocenters. The van der Waals surface area contributed by atoms with Crippen LogP contribution in [0.15, 0.2) is 18.2 Å². The summed E-state index contributed by atoms with van der Waals surface area (Å²) in [5.74, 6) is -1.15. The first-order valence-electron chi connectivity index (χ1n) is 4.43. The molecule has 1 heterocycles. The molecule has 1 aromatic carbocycles. The number of hydrogen-bond acceptors (Lipinski definition) is 5. The molecule has 0 amide bonds. The second kappa shape index (κ2) is 3.73. The molecule has 2 N–H and O–H groups in total. The van der Waals surface area contributed by atoms with E-state index in [-0.39, 0.29) is 11.4 Å². The Balaban J connectivity index is 2.72. The number of halogens is 1. The number of fused-ring (bicyclic) bond motifs is 1. The van der Waals surface area contributed by atoms with Gasteiger partial charge in [-0.25, -0.2) is 9.18 Å². The number of esters is 1. The first-order valence-corrected chi connectivity index (χ1v) is 4.43. The number of nitrogens with two attached hydrogens (primary N) is 1. The van der Waals surface area contributed by atoms with Gasteiger partial charge in [0.15, 0.2) is 5.69 Å². The van der Waals surface area contributed by atoms with Gasteiger partial charge in [-0.1, -0.05) is 0 Å². The summed E-state index contributed by atoms with van der Waals surface area (Å²) in [7, 11) is 1.21. The maximum absolute atomic E-state index is 13.0. The van der Waals surface area contributed by atoms with Crippen LogP contribution in [0.25, 0.3) is 10.9 Å². The molecule has 2 rings (SSSR count). The number of anilines is 1. The summed E-state index contributed by atoms with van der Waals surface area (Å²) in [6, 6.07) is 3.88. The van der Waals surface area contributed by atoms with E-state index >= 15 is 0 Å². The lowest BCUT2D eigenvalue weighted by atomic mass is 10.1. The monoisotopic (exact) mass is 221 g/mol. The molecule has 1 aromatic heterocycles. The highest BCUT2D eigenvalue weighted by Gasteiger charge is 2.15. The number of aromatic nitrogens is 2. The fourth-order valence-corrected chi connectivity index (χ4v) is 1.34. The third kappa shape index (κ3) is 1.54. The molecule has 0 saturated carbocycles. The maximum atomic E-state index is 13.0. The van der Waals surface area contributed by atoms with Crippen molar-refractivity contribution in [2.24, 2.45) is 0 Å². The minimum atomic E-state index is -0.698. The number of benzene rings is 1. The number of hydrogen-bond donors (Lipinski definition) is 1. The quantitative estimate of drug-likeness (QED) is 0.730. The minimum Gasteiger partial charge on any atom is -0.464 e. The molecule has 0 atom stereocenters. The Morgan fingerprint density at radius 2 is 2.19 bits per heavy atom. The van der Waals surface area contributed by atoms with Crippen molar-refractivity contribution in [2.75, 3.05) is 12.8 Å². The van der Waals surface area contributed by atoms with Gasteiger partial charge in [-0.2, -0.15) is 0 Å². The van der Waals surface area contributed by atoms with Crippen molar-refractivity contribution >= 4 is 22.6 Å². The van der Waals surface area contributed by atoms with Crippen LogP contribution < -0.4 is 5.73 Å². The van der Waals surface area contributed by atoms with Gasteiger partial charge in [0.2, 0.25) is 0 Å². The van der Waals surface area contributed by atoms with E-state index in [1.54, 1.807) is 0 Å². The molecule has 82 valence electrons. The van der Waals surface area contributed by atoms with Gasteiger partial charge < -0.3 is 10.5 Å². The van der Waals surface area contributed by atoms with Crippen molar-refractivity contribution in [3.8, 4) is 0 Å². The average Bonchev–Trinajstić information content (AvgIpc) is 2.29. The van der Waals surface area contributed by atoms with Crippen LogP contribution in [0.4, 0.5) is 10.1 Å². The summed E-state index contributed by atoms with van der Waals surface area (Å²) in [4.78, 5) is 11.3. The predicted octanol–water partition coefficient (Wildman–Crippen LogP) is 1.14. The molecule has 0 bridgehead atoms. The highest BCUT2D eigenvalue weighted by atomic mass is 19.1. The highest BCUT2D eigenvalue weighted by molar-refractivity contribution is 6.02. The lowest BCUT2D eigenvalue weighted by molar-refractivity contribution is 0.0594. The normalized spacial score (nSPS) is 10.4. The van der Waals surface area contributed by atoms with Gasteiger partial charge in [-0.3, -0.25) is 0 Å². The van der Waals surface area contributed by atoms with E-state index in [2.05, 4.69) is 14.9 Å². The summed E-state index contributed by atoms with van der Waals surface area (Å²) in [5, 5.41) is 7.73. The van der Waals surface area contributed by atoms with Crippen LogP contribution in [0.2, 0.25) is 0 Å². The molecular weight excluding hydrogens is 213 g/mol. The van der Waals surface area contributed by atoms with Crippen molar-refractivity contribution in [1.82, 2.24) is 10.2 Å². The zero-order valence-corrected chi connectivity index (χ0v) is 8.40. The van der Waals surface area contributed by atoms with E-state index in [1.165, 1.54) is 25.3 Å². The highest BCUT2D eigenvalue weighted by Crippen LogP contribution is 2.22. The average molecular weight is 221 g/mol. The molecule has 2 aromatic rings. The third-order valence-corrected chi connectivity index (χ3v) is 2.14. The van der Waals surface area contributed by atoms with Crippen LogP contribution in [0.3, 0.4) is 0 Å². The van der Waals surface area contributed by atoms with E-state index in [9.17, 15) is 9.18 Å². The van der Waals surface area contributed by atoms with E-state index in [1.807, 2.05) is 0 Å². The second-order valence-corrected chi connectivity index (χ2v) is 3.12. The van der Waals surface area contributed by atoms with Gasteiger partial charge in [0.1, 0.15) is 5.82 Å². The number of nitrogens with zero attached hydrogens (tertiary/aromatic N) is 2. The first kappa shape index (κ1) is 10.3. The summed E-state index contributed by atoms with van der Waals surface area (Å²) in [6.07, 6.45) is 0. The van der Waals surface area contributed by atoms with E-state index in [0.29, 0.717) is 10.9 Å². The molecule has 0 aliphatic rings. The fraction of sp³-hybridized carbons (Fsp3) is 0.100. The van der Waals surface area contributed by atoms with Crippen LogP contribution >= 0.6 is 0 Å². The Kier molecular flexibility index (Phi) is 2.40. The zero-order chi connectivity index (χ0) is 11.7. The number of carbonyl (C=O) groups is 1. The van der Waals surface area contributed by atoms with Gasteiger partial charge >= 0.3 is 5.97 Å². The van der Waals surface area contributed by atoms with Crippen molar-refractivity contribution in [1.29, 1.82) is 0 Å². The van der Waals surface area contributed by atoms with Crippen molar-refractivity contribution in [3.63, 3.8) is 0 Å². The molecule has 0 radical (unpaired) electrons. The molecule has 0 aliphatic carbocycles. The maximum Gasteiger partial charge on any atom is 0.360 e. The van der Waals surface area contributed by atoms with Crippen LogP contribution in [-0.4, -0.2) is 23.3 Å². The molecule has 0 aliphatic heterocycles. The summed E-state index contributed by atoms with van der Waals surface area (Å²) in [5.41, 5.74) is 6.07. The summed E-state index contributed by atoms with van der Waals surface area (Å²) < 4.78 is 17.5. The second-order valence-electron chi connectivity index (χ2n) is 3.12. The zero-order valence-electron chi connectivity index (χ0n) is 8.40. The van der Waals surface area contributed by atoms with Crippen LogP contribution in [-0.2, 0) is 4.74 Å². The Bertz CT molecular complexity index is 571. The molecule has 16 heavy (non-hydrogen) atoms. The van der Waals surface area contributed by atoms with Crippen LogP contribution in [0.5, 0.6) is 0 Å². The SMILES string of the molecule is COC(=O)c1nnc2ccc(F)cc2c1N. The standard InChI is InChI=1S/C10H8FN3O2/c1-16-10(15)9-8(12)6-4-5(11)2-3-7(6)13-14-9/h2-4H,1H3,(H2,12,13). The van der Waals surface area contributed by atoms with E-state index in [4.69, 9.17) is 5.73 Å². The van der Waals surface area contributed by atoms with Gasteiger partial charge in [0.05, 0.1) is 18.3 Å². The molecule has 0 fully saturated rings. The van der Waals surface area contributed by atoms with Crippen molar-refractivity contribution in [3.05, 3.63) is 29.7 Å². The topological polar surface area (TPSA) is 78.1 Å². The number of methoxy groups -OCH3 is 1. The van der Waals surface area contributed by atoms with Gasteiger partial charge in [0.25, 0.3) is 0 Å².